The number of hydrazone groups is 1. The van der Waals surface area contributed by atoms with Crippen molar-refractivity contribution in [2.45, 2.75) is 5.16 Å². The minimum Gasteiger partial charge on any atom is -0.506 e. The molecule has 0 bridgehead atoms. The third-order valence-corrected chi connectivity index (χ3v) is 5.21. The number of carbonyl (C=O) groups is 1. The Balaban J connectivity index is 1.58. The van der Waals surface area contributed by atoms with Gasteiger partial charge in [0.1, 0.15) is 5.75 Å². The van der Waals surface area contributed by atoms with Crippen molar-refractivity contribution in [2.75, 3.05) is 5.75 Å². The number of nitrogens with one attached hydrogen (secondary N) is 1. The first-order valence-electron chi connectivity index (χ1n) is 7.51. The monoisotopic (exact) mass is 510 g/mol. The van der Waals surface area contributed by atoms with Crippen LogP contribution in [0.1, 0.15) is 5.56 Å². The summed E-state index contributed by atoms with van der Waals surface area (Å²) in [6, 6.07) is 12.8. The van der Waals surface area contributed by atoms with Crippen molar-refractivity contribution < 1.29 is 9.90 Å². The van der Waals surface area contributed by atoms with Gasteiger partial charge in [-0.05, 0) is 50.6 Å². The van der Waals surface area contributed by atoms with Gasteiger partial charge < -0.3 is 5.11 Å². The lowest BCUT2D eigenvalue weighted by molar-refractivity contribution is -0.118. The van der Waals surface area contributed by atoms with Crippen LogP contribution in [0.2, 0.25) is 0 Å². The second-order valence-electron chi connectivity index (χ2n) is 5.12. The molecule has 0 saturated carbocycles. The molecule has 1 heterocycles. The van der Waals surface area contributed by atoms with Gasteiger partial charge in [0.05, 0.1) is 22.1 Å². The van der Waals surface area contributed by atoms with Gasteiger partial charge >= 0.3 is 0 Å². The number of para-hydroxylation sites is 1. The fraction of sp³-hybridized carbons (Fsp3) is 0.0625. The number of carbonyl (C=O) groups excluding carboxylic acids is 1. The number of phenols is 1. The van der Waals surface area contributed by atoms with Gasteiger partial charge in [-0.2, -0.15) is 9.78 Å². The standard InChI is InChI=1S/C16H12Br2N6O2S/c17-11-6-10(15(26)13(18)7-11)8-19-20-14(25)9-27-16-21-22-23-24(16)12-4-2-1-3-5-12/h1-8,26H,9H2,(H,20,25)/b19-8+. The molecule has 3 aromatic rings. The summed E-state index contributed by atoms with van der Waals surface area (Å²) in [4.78, 5) is 12.0. The van der Waals surface area contributed by atoms with Crippen LogP contribution in [-0.2, 0) is 4.79 Å². The molecule has 0 radical (unpaired) electrons. The maximum Gasteiger partial charge on any atom is 0.250 e. The Hall–Kier alpha value is -2.24. The van der Waals surface area contributed by atoms with E-state index in [-0.39, 0.29) is 17.4 Å². The van der Waals surface area contributed by atoms with Crippen molar-refractivity contribution in [3.05, 3.63) is 57.0 Å². The van der Waals surface area contributed by atoms with E-state index in [9.17, 15) is 9.90 Å². The molecule has 0 saturated heterocycles. The van der Waals surface area contributed by atoms with E-state index < -0.39 is 0 Å². The van der Waals surface area contributed by atoms with E-state index in [4.69, 9.17) is 0 Å². The molecule has 27 heavy (non-hydrogen) atoms. The Bertz CT molecular complexity index is 980. The predicted octanol–water partition coefficient (Wildman–Crippen LogP) is 3.14. The molecule has 11 heteroatoms. The Labute approximate surface area is 175 Å². The number of tetrazole rings is 1. The summed E-state index contributed by atoms with van der Waals surface area (Å²) in [6.45, 7) is 0. The molecule has 0 unspecified atom stereocenters. The number of nitrogens with zero attached hydrogens (tertiary/aromatic N) is 5. The van der Waals surface area contributed by atoms with Gasteiger partial charge in [0.2, 0.25) is 5.16 Å². The Morgan fingerprint density at radius 1 is 1.30 bits per heavy atom. The number of hydrogen-bond donors (Lipinski definition) is 2. The topological polar surface area (TPSA) is 105 Å². The predicted molar refractivity (Wildman–Crippen MR) is 109 cm³/mol. The lowest BCUT2D eigenvalue weighted by Gasteiger charge is -2.04. The number of halogens is 2. The highest BCUT2D eigenvalue weighted by molar-refractivity contribution is 9.11. The summed E-state index contributed by atoms with van der Waals surface area (Å²) in [5, 5.41) is 25.8. The highest BCUT2D eigenvalue weighted by Crippen LogP contribution is 2.30. The summed E-state index contributed by atoms with van der Waals surface area (Å²) in [5.41, 5.74) is 3.67. The Morgan fingerprint density at radius 2 is 2.07 bits per heavy atom. The summed E-state index contributed by atoms with van der Waals surface area (Å²) < 4.78 is 2.84. The Morgan fingerprint density at radius 3 is 2.85 bits per heavy atom. The van der Waals surface area contributed by atoms with Crippen LogP contribution in [0.5, 0.6) is 5.75 Å². The normalized spacial score (nSPS) is 11.0. The first-order chi connectivity index (χ1) is 13.0. The second kappa shape index (κ2) is 9.11. The van der Waals surface area contributed by atoms with Crippen molar-refractivity contribution in [1.82, 2.24) is 25.6 Å². The van der Waals surface area contributed by atoms with Crippen LogP contribution >= 0.6 is 43.6 Å². The largest absolute Gasteiger partial charge is 0.506 e. The van der Waals surface area contributed by atoms with Gasteiger partial charge in [-0.25, -0.2) is 5.43 Å². The molecule has 0 atom stereocenters. The maximum atomic E-state index is 12.0. The number of thioether (sulfide) groups is 1. The molecular weight excluding hydrogens is 500 g/mol. The first kappa shape index (κ1) is 19.5. The molecule has 0 spiro atoms. The molecule has 8 nitrogen and oxygen atoms in total. The van der Waals surface area contributed by atoms with Gasteiger partial charge in [-0.3, -0.25) is 4.79 Å². The van der Waals surface area contributed by atoms with Crippen LogP contribution in [-0.4, -0.2) is 43.2 Å². The van der Waals surface area contributed by atoms with Crippen molar-refractivity contribution in [2.24, 2.45) is 5.10 Å². The van der Waals surface area contributed by atoms with Gasteiger partial charge in [0, 0.05) is 10.0 Å². The van der Waals surface area contributed by atoms with E-state index >= 15 is 0 Å². The number of hydrogen-bond acceptors (Lipinski definition) is 7. The van der Waals surface area contributed by atoms with E-state index in [1.165, 1.54) is 18.0 Å². The molecule has 1 aromatic heterocycles. The van der Waals surface area contributed by atoms with Crippen LogP contribution in [0, 0.1) is 0 Å². The molecule has 3 rings (SSSR count). The number of rotatable bonds is 6. The molecule has 2 N–H and O–H groups in total. The quantitative estimate of drug-likeness (QED) is 0.299. The lowest BCUT2D eigenvalue weighted by atomic mass is 10.2. The van der Waals surface area contributed by atoms with E-state index in [2.05, 4.69) is 57.9 Å². The van der Waals surface area contributed by atoms with Crippen LogP contribution in [0.3, 0.4) is 0 Å². The minimum absolute atomic E-state index is 0.0348. The molecule has 138 valence electrons. The minimum atomic E-state index is -0.326. The number of aromatic nitrogens is 4. The summed E-state index contributed by atoms with van der Waals surface area (Å²) in [5.74, 6) is -0.210. The average molecular weight is 512 g/mol. The zero-order valence-corrected chi connectivity index (χ0v) is 17.6. The fourth-order valence-electron chi connectivity index (χ4n) is 2.02. The third-order valence-electron chi connectivity index (χ3n) is 3.22. The molecule has 0 aliphatic carbocycles. The molecule has 2 aromatic carbocycles. The van der Waals surface area contributed by atoms with Gasteiger partial charge in [0.15, 0.2) is 0 Å². The van der Waals surface area contributed by atoms with Crippen molar-refractivity contribution >= 4 is 55.7 Å². The number of amides is 1. The highest BCUT2D eigenvalue weighted by atomic mass is 79.9. The van der Waals surface area contributed by atoms with Crippen LogP contribution in [0.4, 0.5) is 0 Å². The number of phenolic OH excluding ortho intramolecular Hbond substituents is 1. The van der Waals surface area contributed by atoms with E-state index in [1.807, 2.05) is 30.3 Å². The van der Waals surface area contributed by atoms with Crippen LogP contribution in [0.15, 0.2) is 61.7 Å². The summed E-state index contributed by atoms with van der Waals surface area (Å²) >= 11 is 7.75. The van der Waals surface area contributed by atoms with E-state index in [1.54, 1.807) is 16.8 Å². The summed E-state index contributed by atoms with van der Waals surface area (Å²) in [6.07, 6.45) is 1.36. The zero-order valence-electron chi connectivity index (χ0n) is 13.6. The molecule has 0 aliphatic heterocycles. The molecule has 0 aliphatic rings. The highest BCUT2D eigenvalue weighted by Gasteiger charge is 2.11. The SMILES string of the molecule is O=C(CSc1nnnn1-c1ccccc1)N/N=C/c1cc(Br)cc(Br)c1O. The number of benzene rings is 2. The van der Waals surface area contributed by atoms with Gasteiger partial charge in [-0.1, -0.05) is 45.9 Å². The molecule has 1 amide bonds. The molecule has 0 fully saturated rings. The first-order valence-corrected chi connectivity index (χ1v) is 10.1. The third kappa shape index (κ3) is 5.15. The van der Waals surface area contributed by atoms with Crippen LogP contribution in [0.25, 0.3) is 5.69 Å². The molecular formula is C16H12Br2N6O2S. The second-order valence-corrected chi connectivity index (χ2v) is 7.83. The number of aromatic hydroxyl groups is 1. The lowest BCUT2D eigenvalue weighted by Crippen LogP contribution is -2.20. The van der Waals surface area contributed by atoms with Crippen molar-refractivity contribution in [1.29, 1.82) is 0 Å². The van der Waals surface area contributed by atoms with E-state index in [0.717, 1.165) is 10.2 Å². The zero-order chi connectivity index (χ0) is 19.2. The van der Waals surface area contributed by atoms with Crippen molar-refractivity contribution in [3.8, 4) is 11.4 Å². The Kier molecular flexibility index (Phi) is 6.58. The fourth-order valence-corrected chi connectivity index (χ4v) is 3.96. The average Bonchev–Trinajstić information content (AvgIpc) is 3.13. The van der Waals surface area contributed by atoms with Gasteiger partial charge in [0.25, 0.3) is 5.91 Å². The van der Waals surface area contributed by atoms with E-state index in [0.29, 0.717) is 15.2 Å². The smallest absolute Gasteiger partial charge is 0.250 e. The van der Waals surface area contributed by atoms with Crippen molar-refractivity contribution in [3.63, 3.8) is 0 Å². The summed E-state index contributed by atoms with van der Waals surface area (Å²) in [7, 11) is 0. The van der Waals surface area contributed by atoms with Crippen LogP contribution < -0.4 is 5.43 Å². The van der Waals surface area contributed by atoms with Gasteiger partial charge in [-0.15, -0.1) is 5.10 Å². The maximum absolute atomic E-state index is 12.0.